The van der Waals surface area contributed by atoms with Gasteiger partial charge in [-0.25, -0.2) is 9.78 Å². The molecule has 4 nitrogen and oxygen atoms in total. The molecule has 0 radical (unpaired) electrons. The van der Waals surface area contributed by atoms with Gasteiger partial charge >= 0.3 is 5.97 Å². The smallest absolute Gasteiger partial charge is 0.354 e. The first-order valence-corrected chi connectivity index (χ1v) is 7.61. The van der Waals surface area contributed by atoms with Crippen molar-refractivity contribution in [2.75, 3.05) is 5.73 Å². The third-order valence-corrected chi connectivity index (χ3v) is 5.76. The van der Waals surface area contributed by atoms with E-state index in [9.17, 15) is 4.79 Å². The molecule has 4 fully saturated rings. The highest BCUT2D eigenvalue weighted by atomic mass is 16.4. The summed E-state index contributed by atoms with van der Waals surface area (Å²) >= 11 is 0. The highest BCUT2D eigenvalue weighted by Gasteiger charge is 2.49. The number of rotatable bonds is 2. The maximum Gasteiger partial charge on any atom is 0.354 e. The molecule has 4 saturated carbocycles. The average molecular weight is 272 g/mol. The Morgan fingerprint density at radius 1 is 1.10 bits per heavy atom. The van der Waals surface area contributed by atoms with Crippen LogP contribution < -0.4 is 5.73 Å². The molecule has 4 bridgehead atoms. The highest BCUT2D eigenvalue weighted by Crippen LogP contribution is 2.60. The molecule has 1 aromatic rings. The number of pyridine rings is 1. The normalized spacial score (nSPS) is 38.1. The number of nitrogens with zero attached hydrogens (tertiary/aromatic N) is 1. The Hall–Kier alpha value is -1.58. The van der Waals surface area contributed by atoms with Gasteiger partial charge in [0.2, 0.25) is 0 Å². The molecule has 0 saturated heterocycles. The van der Waals surface area contributed by atoms with Crippen molar-refractivity contribution in [3.63, 3.8) is 0 Å². The van der Waals surface area contributed by atoms with E-state index in [1.165, 1.54) is 32.1 Å². The van der Waals surface area contributed by atoms with Crippen LogP contribution in [0.5, 0.6) is 0 Å². The van der Waals surface area contributed by atoms with E-state index in [-0.39, 0.29) is 5.69 Å². The van der Waals surface area contributed by atoms with Crippen LogP contribution in [-0.4, -0.2) is 16.1 Å². The first kappa shape index (κ1) is 12.2. The predicted molar refractivity (Wildman–Crippen MR) is 75.4 cm³/mol. The number of nitrogens with two attached hydrogens (primary N) is 1. The number of hydrogen-bond acceptors (Lipinski definition) is 3. The van der Waals surface area contributed by atoms with Crippen LogP contribution in [0.2, 0.25) is 0 Å². The SMILES string of the molecule is Nc1nc(C(=O)O)ccc1C1C2CC3CC(C2)CC1C3. The maximum absolute atomic E-state index is 11.0. The number of carboxylic acids is 1. The maximum atomic E-state index is 11.0. The van der Waals surface area contributed by atoms with Gasteiger partial charge in [0.1, 0.15) is 5.82 Å². The van der Waals surface area contributed by atoms with Gasteiger partial charge in [0, 0.05) is 0 Å². The first-order valence-electron chi connectivity index (χ1n) is 7.61. The molecule has 5 rings (SSSR count). The minimum absolute atomic E-state index is 0.0510. The number of hydrogen-bond donors (Lipinski definition) is 2. The van der Waals surface area contributed by atoms with Crippen molar-refractivity contribution in [3.8, 4) is 0 Å². The zero-order valence-electron chi connectivity index (χ0n) is 11.5. The number of nitrogen functional groups attached to an aromatic ring is 1. The molecule has 0 spiro atoms. The topological polar surface area (TPSA) is 76.2 Å². The van der Waals surface area contributed by atoms with Crippen molar-refractivity contribution in [1.29, 1.82) is 0 Å². The summed E-state index contributed by atoms with van der Waals surface area (Å²) in [6.07, 6.45) is 6.76. The summed E-state index contributed by atoms with van der Waals surface area (Å²) in [7, 11) is 0. The fraction of sp³-hybridized carbons (Fsp3) is 0.625. The summed E-state index contributed by atoms with van der Waals surface area (Å²) in [5, 5.41) is 8.99. The van der Waals surface area contributed by atoms with E-state index in [0.29, 0.717) is 11.7 Å². The molecule has 0 aromatic carbocycles. The lowest BCUT2D eigenvalue weighted by atomic mass is 9.51. The quantitative estimate of drug-likeness (QED) is 0.868. The monoisotopic (exact) mass is 272 g/mol. The average Bonchev–Trinajstić information content (AvgIpc) is 2.38. The molecule has 4 heteroatoms. The molecule has 4 aliphatic carbocycles. The van der Waals surface area contributed by atoms with Crippen molar-refractivity contribution >= 4 is 11.8 Å². The number of aromatic carboxylic acids is 1. The molecule has 0 unspecified atom stereocenters. The van der Waals surface area contributed by atoms with Crippen molar-refractivity contribution < 1.29 is 9.90 Å². The Morgan fingerprint density at radius 2 is 1.70 bits per heavy atom. The van der Waals surface area contributed by atoms with Crippen LogP contribution in [0.1, 0.15) is 54.1 Å². The van der Waals surface area contributed by atoms with Crippen molar-refractivity contribution in [3.05, 3.63) is 23.4 Å². The highest BCUT2D eigenvalue weighted by molar-refractivity contribution is 5.85. The van der Waals surface area contributed by atoms with Gasteiger partial charge in [-0.15, -0.1) is 0 Å². The van der Waals surface area contributed by atoms with Gasteiger partial charge in [-0.1, -0.05) is 6.07 Å². The van der Waals surface area contributed by atoms with Gasteiger partial charge in [0.15, 0.2) is 5.69 Å². The molecule has 4 aliphatic rings. The Labute approximate surface area is 118 Å². The molecule has 106 valence electrons. The third-order valence-electron chi connectivity index (χ3n) is 5.76. The van der Waals surface area contributed by atoms with Gasteiger partial charge in [0.25, 0.3) is 0 Å². The molecular weight excluding hydrogens is 252 g/mol. The summed E-state index contributed by atoms with van der Waals surface area (Å²) in [5.74, 6) is 3.29. The fourth-order valence-corrected chi connectivity index (χ4v) is 5.32. The second-order valence-corrected chi connectivity index (χ2v) is 6.93. The lowest BCUT2D eigenvalue weighted by molar-refractivity contribution is -0.00263. The molecule has 3 N–H and O–H groups in total. The van der Waals surface area contributed by atoms with Crippen LogP contribution in [0.3, 0.4) is 0 Å². The molecule has 20 heavy (non-hydrogen) atoms. The van der Waals surface area contributed by atoms with E-state index in [1.54, 1.807) is 6.07 Å². The second-order valence-electron chi connectivity index (χ2n) is 6.93. The molecule has 1 heterocycles. The Bertz CT molecular complexity index is 542. The van der Waals surface area contributed by atoms with Crippen molar-refractivity contribution in [2.45, 2.75) is 38.0 Å². The number of carboxylic acid groups (broad SMARTS) is 1. The Morgan fingerprint density at radius 3 is 2.20 bits per heavy atom. The first-order chi connectivity index (χ1) is 9.61. The van der Waals surface area contributed by atoms with Crippen LogP contribution in [0.4, 0.5) is 5.82 Å². The zero-order valence-corrected chi connectivity index (χ0v) is 11.5. The van der Waals surface area contributed by atoms with E-state index in [2.05, 4.69) is 4.98 Å². The lowest BCUT2D eigenvalue weighted by Gasteiger charge is -2.54. The minimum atomic E-state index is -1.01. The van der Waals surface area contributed by atoms with Crippen LogP contribution in [-0.2, 0) is 0 Å². The standard InChI is InChI=1S/C16H20N2O2/c17-15-12(1-2-13(18-15)16(19)20)14-10-4-8-3-9(6-10)7-11(14)5-8/h1-2,8-11,14H,3-7H2,(H2,17,18)(H,19,20). The molecular formula is C16H20N2O2. The molecule has 0 aliphatic heterocycles. The van der Waals surface area contributed by atoms with E-state index in [1.807, 2.05) is 6.07 Å². The molecule has 0 amide bonds. The number of aromatic nitrogens is 1. The van der Waals surface area contributed by atoms with E-state index >= 15 is 0 Å². The minimum Gasteiger partial charge on any atom is -0.477 e. The van der Waals surface area contributed by atoms with Crippen LogP contribution in [0, 0.1) is 23.7 Å². The molecule has 1 aromatic heterocycles. The van der Waals surface area contributed by atoms with Crippen LogP contribution >= 0.6 is 0 Å². The summed E-state index contributed by atoms with van der Waals surface area (Å²) < 4.78 is 0. The van der Waals surface area contributed by atoms with Gasteiger partial charge in [-0.3, -0.25) is 0 Å². The van der Waals surface area contributed by atoms with E-state index in [0.717, 1.165) is 29.2 Å². The van der Waals surface area contributed by atoms with Gasteiger partial charge in [0.05, 0.1) is 0 Å². The third kappa shape index (κ3) is 1.74. The number of anilines is 1. The van der Waals surface area contributed by atoms with Crippen LogP contribution in [0.25, 0.3) is 0 Å². The largest absolute Gasteiger partial charge is 0.477 e. The fourth-order valence-electron chi connectivity index (χ4n) is 5.32. The second kappa shape index (κ2) is 4.21. The Kier molecular flexibility index (Phi) is 2.56. The van der Waals surface area contributed by atoms with Gasteiger partial charge in [-0.05, 0) is 73.3 Å². The predicted octanol–water partition coefficient (Wildman–Crippen LogP) is 2.90. The van der Waals surface area contributed by atoms with Crippen molar-refractivity contribution in [2.24, 2.45) is 23.7 Å². The van der Waals surface area contributed by atoms with Crippen LogP contribution in [0.15, 0.2) is 12.1 Å². The zero-order chi connectivity index (χ0) is 13.9. The van der Waals surface area contributed by atoms with Gasteiger partial charge < -0.3 is 10.8 Å². The summed E-state index contributed by atoms with van der Waals surface area (Å²) in [6, 6.07) is 3.53. The number of carbonyl (C=O) groups is 1. The summed E-state index contributed by atoms with van der Waals surface area (Å²) in [4.78, 5) is 15.1. The van der Waals surface area contributed by atoms with Gasteiger partial charge in [-0.2, -0.15) is 0 Å². The van der Waals surface area contributed by atoms with E-state index < -0.39 is 5.97 Å². The van der Waals surface area contributed by atoms with Crippen molar-refractivity contribution in [1.82, 2.24) is 4.98 Å². The lowest BCUT2D eigenvalue weighted by Crippen LogP contribution is -2.44. The summed E-state index contributed by atoms with van der Waals surface area (Å²) in [6.45, 7) is 0. The molecule has 0 atom stereocenters. The summed E-state index contributed by atoms with van der Waals surface area (Å²) in [5.41, 5.74) is 7.22. The van der Waals surface area contributed by atoms with E-state index in [4.69, 9.17) is 10.8 Å². The Balaban J connectivity index is 1.69.